The summed E-state index contributed by atoms with van der Waals surface area (Å²) in [5.74, 6) is -1.22. The van der Waals surface area contributed by atoms with E-state index in [-0.39, 0.29) is 5.56 Å². The quantitative estimate of drug-likeness (QED) is 0.744. The van der Waals surface area contributed by atoms with Crippen LogP contribution in [0.5, 0.6) is 0 Å². The van der Waals surface area contributed by atoms with Crippen molar-refractivity contribution in [1.82, 2.24) is 4.90 Å². The Labute approximate surface area is 155 Å². The van der Waals surface area contributed by atoms with Crippen LogP contribution < -0.4 is 5.32 Å². The van der Waals surface area contributed by atoms with E-state index in [1.807, 2.05) is 12.1 Å². The maximum atomic E-state index is 13.8. The number of nitrogens with zero attached hydrogens (tertiary/aromatic N) is 1. The van der Waals surface area contributed by atoms with Gasteiger partial charge in [0.1, 0.15) is 23.0 Å². The minimum Gasteiger partial charge on any atom is -0.461 e. The molecule has 0 saturated carbocycles. The number of hydrogen-bond acceptors (Lipinski definition) is 3. The number of rotatable bonds is 3. The number of benzene rings is 2. The topological polar surface area (TPSA) is 45.5 Å². The molecule has 3 aromatic rings. The van der Waals surface area contributed by atoms with Crippen LogP contribution in [0.2, 0.25) is 0 Å². The molecule has 6 heteroatoms. The fourth-order valence-corrected chi connectivity index (χ4v) is 3.65. The highest BCUT2D eigenvalue weighted by Gasteiger charge is 2.25. The van der Waals surface area contributed by atoms with Crippen molar-refractivity contribution < 1.29 is 18.0 Å². The van der Waals surface area contributed by atoms with Gasteiger partial charge in [-0.1, -0.05) is 0 Å². The number of carbonyl (C=O) groups excluding carboxylic acids is 1. The van der Waals surface area contributed by atoms with Gasteiger partial charge in [-0.05, 0) is 57.3 Å². The molecule has 27 heavy (non-hydrogen) atoms. The largest absolute Gasteiger partial charge is 0.461 e. The minimum absolute atomic E-state index is 0.196. The fourth-order valence-electron chi connectivity index (χ4n) is 3.65. The number of furan rings is 1. The normalized spacial score (nSPS) is 16.6. The standard InChI is InChI=1S/C21H20F2N2O2/c1-25(2)14-5-8-20-17(11-14)16-10-13(4-7-19(16)27-20)24-21(26)15-6-3-12(22)9-18(15)23/h3-4,6-7,9-10,14H,5,8,11H2,1-2H3,(H,24,26). The minimum atomic E-state index is -0.886. The molecule has 1 aliphatic carbocycles. The molecule has 140 valence electrons. The van der Waals surface area contributed by atoms with Crippen LogP contribution in [0.15, 0.2) is 40.8 Å². The summed E-state index contributed by atoms with van der Waals surface area (Å²) in [6.07, 6.45) is 2.82. The molecule has 1 aliphatic rings. The van der Waals surface area contributed by atoms with E-state index in [9.17, 15) is 13.6 Å². The lowest BCUT2D eigenvalue weighted by Gasteiger charge is -2.27. The van der Waals surface area contributed by atoms with E-state index in [0.29, 0.717) is 17.8 Å². The summed E-state index contributed by atoms with van der Waals surface area (Å²) in [5, 5.41) is 3.65. The van der Waals surface area contributed by atoms with E-state index >= 15 is 0 Å². The van der Waals surface area contributed by atoms with Gasteiger partial charge < -0.3 is 14.6 Å². The van der Waals surface area contributed by atoms with Crippen molar-refractivity contribution in [1.29, 1.82) is 0 Å². The van der Waals surface area contributed by atoms with E-state index in [0.717, 1.165) is 48.1 Å². The number of fused-ring (bicyclic) bond motifs is 3. The SMILES string of the molecule is CN(C)C1CCc2oc3ccc(NC(=O)c4ccc(F)cc4F)cc3c2C1. The Morgan fingerprint density at radius 2 is 2.00 bits per heavy atom. The molecule has 0 aliphatic heterocycles. The van der Waals surface area contributed by atoms with Crippen LogP contribution in [-0.4, -0.2) is 30.9 Å². The number of aryl methyl sites for hydroxylation is 1. The van der Waals surface area contributed by atoms with Gasteiger partial charge in [-0.25, -0.2) is 8.78 Å². The lowest BCUT2D eigenvalue weighted by molar-refractivity contribution is 0.102. The molecule has 1 amide bonds. The Bertz CT molecular complexity index is 1030. The molecule has 0 saturated heterocycles. The van der Waals surface area contributed by atoms with Crippen LogP contribution in [0.3, 0.4) is 0 Å². The zero-order valence-corrected chi connectivity index (χ0v) is 15.2. The average Bonchev–Trinajstić information content (AvgIpc) is 2.98. The van der Waals surface area contributed by atoms with Crippen molar-refractivity contribution in [2.45, 2.75) is 25.3 Å². The second-order valence-electron chi connectivity index (χ2n) is 7.15. The van der Waals surface area contributed by atoms with Crippen molar-refractivity contribution in [2.75, 3.05) is 19.4 Å². The molecule has 1 N–H and O–H groups in total. The second-order valence-corrected chi connectivity index (χ2v) is 7.15. The van der Waals surface area contributed by atoms with Crippen molar-refractivity contribution in [3.8, 4) is 0 Å². The molecule has 1 heterocycles. The summed E-state index contributed by atoms with van der Waals surface area (Å²) >= 11 is 0. The summed E-state index contributed by atoms with van der Waals surface area (Å²) in [5.41, 5.74) is 2.30. The predicted octanol–water partition coefficient (Wildman–Crippen LogP) is 4.38. The average molecular weight is 370 g/mol. The summed E-state index contributed by atoms with van der Waals surface area (Å²) in [7, 11) is 4.14. The van der Waals surface area contributed by atoms with Crippen LogP contribution in [0.1, 0.15) is 28.1 Å². The van der Waals surface area contributed by atoms with Crippen molar-refractivity contribution in [2.24, 2.45) is 0 Å². The van der Waals surface area contributed by atoms with Gasteiger partial charge in [0.05, 0.1) is 5.56 Å². The Morgan fingerprint density at radius 1 is 1.19 bits per heavy atom. The predicted molar refractivity (Wildman–Crippen MR) is 100 cm³/mol. The van der Waals surface area contributed by atoms with Gasteiger partial charge in [0.2, 0.25) is 0 Å². The van der Waals surface area contributed by atoms with Crippen LogP contribution in [0.25, 0.3) is 11.0 Å². The summed E-state index contributed by atoms with van der Waals surface area (Å²) in [4.78, 5) is 14.6. The molecule has 1 aromatic heterocycles. The maximum absolute atomic E-state index is 13.8. The van der Waals surface area contributed by atoms with Crippen LogP contribution >= 0.6 is 0 Å². The molecule has 0 bridgehead atoms. The number of hydrogen-bond donors (Lipinski definition) is 1. The van der Waals surface area contributed by atoms with Gasteiger partial charge >= 0.3 is 0 Å². The first-order valence-electron chi connectivity index (χ1n) is 8.89. The molecular formula is C21H20F2N2O2. The molecule has 1 atom stereocenters. The molecule has 0 radical (unpaired) electrons. The zero-order chi connectivity index (χ0) is 19.1. The van der Waals surface area contributed by atoms with Crippen molar-refractivity contribution in [3.05, 3.63) is 64.9 Å². The monoisotopic (exact) mass is 370 g/mol. The third-order valence-electron chi connectivity index (χ3n) is 5.18. The van der Waals surface area contributed by atoms with E-state index < -0.39 is 17.5 Å². The molecule has 4 rings (SSSR count). The molecule has 1 unspecified atom stereocenters. The van der Waals surface area contributed by atoms with Gasteiger partial charge in [-0.15, -0.1) is 0 Å². The number of likely N-dealkylation sites (N-methyl/N-ethyl adjacent to an activating group) is 1. The molecule has 0 spiro atoms. The van der Waals surface area contributed by atoms with E-state index in [1.165, 1.54) is 5.56 Å². The first-order chi connectivity index (χ1) is 12.9. The van der Waals surface area contributed by atoms with Crippen LogP contribution in [0.4, 0.5) is 14.5 Å². The third-order valence-corrected chi connectivity index (χ3v) is 5.18. The zero-order valence-electron chi connectivity index (χ0n) is 15.2. The molecule has 4 nitrogen and oxygen atoms in total. The highest BCUT2D eigenvalue weighted by molar-refractivity contribution is 6.05. The summed E-state index contributed by atoms with van der Waals surface area (Å²) in [6.45, 7) is 0. The van der Waals surface area contributed by atoms with E-state index in [2.05, 4.69) is 24.3 Å². The number of anilines is 1. The Balaban J connectivity index is 1.64. The van der Waals surface area contributed by atoms with Crippen LogP contribution in [-0.2, 0) is 12.8 Å². The van der Waals surface area contributed by atoms with Crippen LogP contribution in [0, 0.1) is 11.6 Å². The highest BCUT2D eigenvalue weighted by atomic mass is 19.1. The number of nitrogens with one attached hydrogen (secondary N) is 1. The third kappa shape index (κ3) is 3.32. The maximum Gasteiger partial charge on any atom is 0.258 e. The van der Waals surface area contributed by atoms with Crippen molar-refractivity contribution >= 4 is 22.6 Å². The lowest BCUT2D eigenvalue weighted by Crippen LogP contribution is -2.33. The first kappa shape index (κ1) is 17.7. The number of halogens is 2. The summed E-state index contributed by atoms with van der Waals surface area (Å²) < 4.78 is 32.8. The van der Waals surface area contributed by atoms with E-state index in [4.69, 9.17) is 4.42 Å². The van der Waals surface area contributed by atoms with Gasteiger partial charge in [0, 0.05) is 35.2 Å². The molecular weight excluding hydrogens is 350 g/mol. The Morgan fingerprint density at radius 3 is 2.74 bits per heavy atom. The van der Waals surface area contributed by atoms with Gasteiger partial charge in [0.25, 0.3) is 5.91 Å². The Hall–Kier alpha value is -2.73. The highest BCUT2D eigenvalue weighted by Crippen LogP contribution is 2.34. The van der Waals surface area contributed by atoms with Gasteiger partial charge in [0.15, 0.2) is 0 Å². The van der Waals surface area contributed by atoms with Crippen molar-refractivity contribution in [3.63, 3.8) is 0 Å². The lowest BCUT2D eigenvalue weighted by atomic mass is 9.91. The fraction of sp³-hybridized carbons (Fsp3) is 0.286. The number of amides is 1. The summed E-state index contributed by atoms with van der Waals surface area (Å²) in [6, 6.07) is 8.75. The van der Waals surface area contributed by atoms with Gasteiger partial charge in [-0.3, -0.25) is 4.79 Å². The van der Waals surface area contributed by atoms with Gasteiger partial charge in [-0.2, -0.15) is 0 Å². The molecule has 0 fully saturated rings. The van der Waals surface area contributed by atoms with E-state index in [1.54, 1.807) is 6.07 Å². The smallest absolute Gasteiger partial charge is 0.258 e. The second kappa shape index (κ2) is 6.78. The molecule has 2 aromatic carbocycles. The first-order valence-corrected chi connectivity index (χ1v) is 8.89. The number of carbonyl (C=O) groups is 1. The Kier molecular flexibility index (Phi) is 4.44.